The van der Waals surface area contributed by atoms with E-state index in [1.54, 1.807) is 32.9 Å². The van der Waals surface area contributed by atoms with Crippen molar-refractivity contribution in [2.24, 2.45) is 0 Å². The number of amides is 1. The highest BCUT2D eigenvalue weighted by Gasteiger charge is 2.18. The van der Waals surface area contributed by atoms with Gasteiger partial charge in [-0.05, 0) is 32.9 Å². The molecule has 0 spiro atoms. The summed E-state index contributed by atoms with van der Waals surface area (Å²) in [7, 11) is 0. The van der Waals surface area contributed by atoms with E-state index in [4.69, 9.17) is 4.42 Å². The Morgan fingerprint density at radius 2 is 1.68 bits per heavy atom. The number of aryl methyl sites for hydroxylation is 2. The predicted octanol–water partition coefficient (Wildman–Crippen LogP) is 2.82. The molecule has 1 aromatic carbocycles. The van der Waals surface area contributed by atoms with Gasteiger partial charge < -0.3 is 9.73 Å². The molecule has 0 unspecified atom stereocenters. The molecule has 0 atom stereocenters. The maximum absolute atomic E-state index is 12.1. The average Bonchev–Trinajstić information content (AvgIpc) is 2.37. The Balaban J connectivity index is 2.40. The topological polar surface area (TPSA) is 59.3 Å². The molecule has 98 valence electrons. The predicted molar refractivity (Wildman–Crippen MR) is 73.6 cm³/mol. The standard InChI is InChI=1S/C15H15NO3/c1-9-10(2)19-11(3)13(14(9)17)15(18)16-12-7-5-4-6-8-12/h4-8H,1-3H3,(H,16,18). The van der Waals surface area contributed by atoms with Crippen molar-refractivity contribution in [2.75, 3.05) is 5.32 Å². The Bertz CT molecular complexity index is 672. The van der Waals surface area contributed by atoms with Crippen molar-refractivity contribution in [1.82, 2.24) is 0 Å². The number of rotatable bonds is 2. The molecular formula is C15H15NO3. The van der Waals surface area contributed by atoms with Crippen LogP contribution in [-0.4, -0.2) is 5.91 Å². The van der Waals surface area contributed by atoms with Gasteiger partial charge >= 0.3 is 0 Å². The largest absolute Gasteiger partial charge is 0.465 e. The lowest BCUT2D eigenvalue weighted by molar-refractivity contribution is 0.102. The van der Waals surface area contributed by atoms with Gasteiger partial charge in [-0.2, -0.15) is 0 Å². The molecule has 0 aliphatic heterocycles. The van der Waals surface area contributed by atoms with Gasteiger partial charge in [0.1, 0.15) is 17.1 Å². The van der Waals surface area contributed by atoms with E-state index in [-0.39, 0.29) is 11.0 Å². The number of anilines is 1. The molecule has 1 amide bonds. The molecule has 0 aliphatic rings. The second-order valence-electron chi connectivity index (χ2n) is 4.36. The van der Waals surface area contributed by atoms with Crippen LogP contribution in [0.4, 0.5) is 5.69 Å². The minimum atomic E-state index is -0.444. The molecule has 0 bridgehead atoms. The maximum Gasteiger partial charge on any atom is 0.263 e. The first kappa shape index (κ1) is 13.1. The molecule has 4 heteroatoms. The number of benzene rings is 1. The Labute approximate surface area is 111 Å². The van der Waals surface area contributed by atoms with Crippen LogP contribution in [0.15, 0.2) is 39.5 Å². The van der Waals surface area contributed by atoms with Crippen LogP contribution in [0.5, 0.6) is 0 Å². The highest BCUT2D eigenvalue weighted by molar-refractivity contribution is 6.04. The van der Waals surface area contributed by atoms with Crippen LogP contribution in [0.2, 0.25) is 0 Å². The average molecular weight is 257 g/mol. The van der Waals surface area contributed by atoms with E-state index < -0.39 is 5.91 Å². The van der Waals surface area contributed by atoms with Gasteiger partial charge in [0.25, 0.3) is 5.91 Å². The van der Waals surface area contributed by atoms with E-state index in [2.05, 4.69) is 5.32 Å². The number of hydrogen-bond donors (Lipinski definition) is 1. The molecule has 0 fully saturated rings. The summed E-state index contributed by atoms with van der Waals surface area (Å²) in [4.78, 5) is 24.3. The lowest BCUT2D eigenvalue weighted by Crippen LogP contribution is -2.25. The zero-order valence-corrected chi connectivity index (χ0v) is 11.1. The van der Waals surface area contributed by atoms with E-state index in [1.165, 1.54) is 0 Å². The fraction of sp³-hybridized carbons (Fsp3) is 0.200. The van der Waals surface area contributed by atoms with Gasteiger partial charge in [-0.1, -0.05) is 18.2 Å². The van der Waals surface area contributed by atoms with E-state index in [0.29, 0.717) is 22.8 Å². The Morgan fingerprint density at radius 3 is 2.32 bits per heavy atom. The summed E-state index contributed by atoms with van der Waals surface area (Å²) >= 11 is 0. The summed E-state index contributed by atoms with van der Waals surface area (Å²) in [5, 5.41) is 2.69. The van der Waals surface area contributed by atoms with Crippen LogP contribution in [0, 0.1) is 20.8 Å². The van der Waals surface area contributed by atoms with Crippen molar-refractivity contribution in [3.8, 4) is 0 Å². The summed E-state index contributed by atoms with van der Waals surface area (Å²) in [5.41, 5.74) is 0.884. The smallest absolute Gasteiger partial charge is 0.263 e. The molecule has 1 aromatic heterocycles. The number of para-hydroxylation sites is 1. The van der Waals surface area contributed by atoms with Crippen LogP contribution in [0.1, 0.15) is 27.4 Å². The van der Waals surface area contributed by atoms with Crippen LogP contribution in [0.3, 0.4) is 0 Å². The molecule has 2 aromatic rings. The van der Waals surface area contributed by atoms with Crippen LogP contribution < -0.4 is 10.7 Å². The summed E-state index contributed by atoms with van der Waals surface area (Å²) in [6.45, 7) is 4.98. The number of carbonyl (C=O) groups is 1. The van der Waals surface area contributed by atoms with Crippen LogP contribution >= 0.6 is 0 Å². The number of carbonyl (C=O) groups excluding carboxylic acids is 1. The number of nitrogens with one attached hydrogen (secondary N) is 1. The normalized spacial score (nSPS) is 10.3. The van der Waals surface area contributed by atoms with Crippen LogP contribution in [-0.2, 0) is 0 Å². The zero-order chi connectivity index (χ0) is 14.0. The SMILES string of the molecule is Cc1oc(C)c(C(=O)Nc2ccccc2)c(=O)c1C. The first-order valence-corrected chi connectivity index (χ1v) is 5.98. The Morgan fingerprint density at radius 1 is 1.05 bits per heavy atom. The monoisotopic (exact) mass is 257 g/mol. The zero-order valence-electron chi connectivity index (χ0n) is 11.1. The van der Waals surface area contributed by atoms with Crippen molar-refractivity contribution in [1.29, 1.82) is 0 Å². The summed E-state index contributed by atoms with van der Waals surface area (Å²) in [6, 6.07) is 8.99. The molecule has 0 radical (unpaired) electrons. The molecule has 0 saturated carbocycles. The van der Waals surface area contributed by atoms with E-state index in [0.717, 1.165) is 0 Å². The fourth-order valence-corrected chi connectivity index (χ4v) is 1.84. The van der Waals surface area contributed by atoms with E-state index in [9.17, 15) is 9.59 Å². The van der Waals surface area contributed by atoms with Crippen molar-refractivity contribution in [3.63, 3.8) is 0 Å². The third-order valence-electron chi connectivity index (χ3n) is 3.01. The quantitative estimate of drug-likeness (QED) is 0.899. The number of hydrogen-bond acceptors (Lipinski definition) is 3. The molecule has 1 N–H and O–H groups in total. The molecule has 0 aliphatic carbocycles. The van der Waals surface area contributed by atoms with Crippen molar-refractivity contribution >= 4 is 11.6 Å². The van der Waals surface area contributed by atoms with Crippen molar-refractivity contribution < 1.29 is 9.21 Å². The molecule has 19 heavy (non-hydrogen) atoms. The van der Waals surface area contributed by atoms with Gasteiger partial charge in [0.05, 0.1) is 0 Å². The van der Waals surface area contributed by atoms with Gasteiger partial charge in [0, 0.05) is 11.3 Å². The first-order valence-electron chi connectivity index (χ1n) is 5.98. The van der Waals surface area contributed by atoms with E-state index in [1.807, 2.05) is 18.2 Å². The molecule has 2 rings (SSSR count). The van der Waals surface area contributed by atoms with Gasteiger partial charge in [0.15, 0.2) is 0 Å². The van der Waals surface area contributed by atoms with Gasteiger partial charge in [0.2, 0.25) is 5.43 Å². The third kappa shape index (κ3) is 2.57. The van der Waals surface area contributed by atoms with Gasteiger partial charge in [-0.15, -0.1) is 0 Å². The van der Waals surface area contributed by atoms with Crippen molar-refractivity contribution in [2.45, 2.75) is 20.8 Å². The molecule has 1 heterocycles. The first-order chi connectivity index (χ1) is 9.00. The van der Waals surface area contributed by atoms with E-state index >= 15 is 0 Å². The fourth-order valence-electron chi connectivity index (χ4n) is 1.84. The molecular weight excluding hydrogens is 242 g/mol. The Hall–Kier alpha value is -2.36. The maximum atomic E-state index is 12.1. The third-order valence-corrected chi connectivity index (χ3v) is 3.01. The molecule has 0 saturated heterocycles. The van der Waals surface area contributed by atoms with Crippen LogP contribution in [0.25, 0.3) is 0 Å². The second kappa shape index (κ2) is 5.10. The lowest BCUT2D eigenvalue weighted by Gasteiger charge is -2.08. The second-order valence-corrected chi connectivity index (χ2v) is 4.36. The minimum Gasteiger partial charge on any atom is -0.465 e. The minimum absolute atomic E-state index is 0.0620. The summed E-state index contributed by atoms with van der Waals surface area (Å²) < 4.78 is 5.42. The van der Waals surface area contributed by atoms with Crippen molar-refractivity contribution in [3.05, 3.63) is 63.2 Å². The Kier molecular flexibility index (Phi) is 3.51. The lowest BCUT2D eigenvalue weighted by atomic mass is 10.1. The van der Waals surface area contributed by atoms with Gasteiger partial charge in [-0.3, -0.25) is 9.59 Å². The summed E-state index contributed by atoms with van der Waals surface area (Å²) in [5.74, 6) is 0.431. The van der Waals surface area contributed by atoms with Gasteiger partial charge in [-0.25, -0.2) is 0 Å². The summed E-state index contributed by atoms with van der Waals surface area (Å²) in [6.07, 6.45) is 0. The molecule has 4 nitrogen and oxygen atoms in total. The highest BCUT2D eigenvalue weighted by Crippen LogP contribution is 2.12. The highest BCUT2D eigenvalue weighted by atomic mass is 16.3.